The Kier molecular flexibility index (Phi) is 2.07. The second-order valence-corrected chi connectivity index (χ2v) is 5.78. The molecule has 0 bridgehead atoms. The van der Waals surface area contributed by atoms with E-state index in [2.05, 4.69) is 63.4 Å². The summed E-state index contributed by atoms with van der Waals surface area (Å²) in [7, 11) is 0. The number of hydrogen-bond donors (Lipinski definition) is 0. The minimum atomic E-state index is 1.11. The molecule has 0 aliphatic heterocycles. The first-order valence-corrected chi connectivity index (χ1v) is 6.93. The fourth-order valence-electron chi connectivity index (χ4n) is 3.52. The lowest BCUT2D eigenvalue weighted by molar-refractivity contribution is 1.50. The van der Waals surface area contributed by atoms with Gasteiger partial charge >= 0.3 is 0 Å². The molecule has 96 valence electrons. The van der Waals surface area contributed by atoms with Gasteiger partial charge in [0.25, 0.3) is 0 Å². The van der Waals surface area contributed by atoms with Crippen molar-refractivity contribution >= 4 is 45.5 Å². The van der Waals surface area contributed by atoms with E-state index in [0.29, 0.717) is 0 Å². The Morgan fingerprint density at radius 2 is 0.950 bits per heavy atom. The van der Waals surface area contributed by atoms with Crippen molar-refractivity contribution in [2.75, 3.05) is 0 Å². The molecule has 0 amide bonds. The van der Waals surface area contributed by atoms with Crippen molar-refractivity contribution in [1.29, 1.82) is 0 Å². The fraction of sp³-hybridized carbons (Fsp3) is 0.100. The molecular formula is C20H16. The Hall–Kier alpha value is -2.34. The lowest BCUT2D eigenvalue weighted by Crippen LogP contribution is -2.06. The molecule has 0 fully saturated rings. The Balaban J connectivity index is 2.55. The molecule has 0 aliphatic rings. The van der Waals surface area contributed by atoms with Crippen LogP contribution in [0.15, 0.2) is 36.4 Å². The molecular weight excluding hydrogens is 240 g/mol. The molecule has 0 heteroatoms. The maximum absolute atomic E-state index is 4.22. The molecule has 4 aromatic rings. The van der Waals surface area contributed by atoms with E-state index in [9.17, 15) is 0 Å². The lowest BCUT2D eigenvalue weighted by Gasteiger charge is -2.14. The molecule has 0 saturated heterocycles. The van der Waals surface area contributed by atoms with Gasteiger partial charge in [-0.25, -0.2) is 0 Å². The van der Waals surface area contributed by atoms with Crippen molar-refractivity contribution in [3.05, 3.63) is 58.0 Å². The first-order valence-electron chi connectivity index (χ1n) is 6.93. The minimum Gasteiger partial charge on any atom is -0.0911 e. The molecule has 0 atom stereocenters. The molecule has 0 saturated carbocycles. The van der Waals surface area contributed by atoms with E-state index in [0.717, 1.165) is 10.4 Å². The predicted octanol–water partition coefficient (Wildman–Crippen LogP) is 4.02. The Morgan fingerprint density at radius 3 is 1.35 bits per heavy atom. The number of benzene rings is 4. The van der Waals surface area contributed by atoms with Crippen LogP contribution in [0.5, 0.6) is 0 Å². The summed E-state index contributed by atoms with van der Waals surface area (Å²) in [4.78, 5) is 0. The molecule has 0 spiro atoms. The fourth-order valence-corrected chi connectivity index (χ4v) is 3.52. The average molecular weight is 256 g/mol. The molecule has 0 radical (unpaired) electrons. The normalized spacial score (nSPS) is 11.9. The Morgan fingerprint density at radius 1 is 0.600 bits per heavy atom. The maximum Gasteiger partial charge on any atom is -0.00180 e. The van der Waals surface area contributed by atoms with E-state index in [4.69, 9.17) is 0 Å². The third kappa shape index (κ3) is 1.26. The highest BCUT2D eigenvalue weighted by molar-refractivity contribution is 6.24. The maximum atomic E-state index is 4.22. The average Bonchev–Trinajstić information content (AvgIpc) is 2.42. The first-order chi connectivity index (χ1) is 9.58. The summed E-state index contributed by atoms with van der Waals surface area (Å²) in [6.07, 6.45) is 0. The molecule has 20 heavy (non-hydrogen) atoms. The van der Waals surface area contributed by atoms with Gasteiger partial charge in [-0.15, -0.1) is 0 Å². The summed E-state index contributed by atoms with van der Waals surface area (Å²) in [5.41, 5.74) is 2.59. The summed E-state index contributed by atoms with van der Waals surface area (Å²) < 4.78 is 0. The summed E-state index contributed by atoms with van der Waals surface area (Å²) in [5.74, 6) is 0. The van der Waals surface area contributed by atoms with Gasteiger partial charge in [-0.05, 0) is 67.7 Å². The summed E-state index contributed by atoms with van der Waals surface area (Å²) in [6, 6.07) is 13.2. The number of aryl methyl sites for hydroxylation is 2. The molecule has 0 aliphatic carbocycles. The molecule has 0 heterocycles. The molecule has 0 unspecified atom stereocenters. The van der Waals surface area contributed by atoms with E-state index in [-0.39, 0.29) is 0 Å². The van der Waals surface area contributed by atoms with E-state index in [1.54, 1.807) is 0 Å². The SMILES string of the molecule is C=c1cc(C)c2ccc3c(C)cc(=C)c4ccc1c2c34. The van der Waals surface area contributed by atoms with Gasteiger partial charge in [-0.3, -0.25) is 0 Å². The van der Waals surface area contributed by atoms with Crippen LogP contribution in [0.1, 0.15) is 11.1 Å². The van der Waals surface area contributed by atoms with Crippen LogP contribution in [0.3, 0.4) is 0 Å². The van der Waals surface area contributed by atoms with Gasteiger partial charge in [0.1, 0.15) is 0 Å². The van der Waals surface area contributed by atoms with E-state index in [1.165, 1.54) is 43.4 Å². The van der Waals surface area contributed by atoms with Crippen LogP contribution in [-0.2, 0) is 0 Å². The highest BCUT2D eigenvalue weighted by Crippen LogP contribution is 2.34. The van der Waals surface area contributed by atoms with Gasteiger partial charge in [0.05, 0.1) is 0 Å². The van der Waals surface area contributed by atoms with Crippen molar-refractivity contribution in [3.8, 4) is 0 Å². The van der Waals surface area contributed by atoms with Gasteiger partial charge in [0.2, 0.25) is 0 Å². The van der Waals surface area contributed by atoms with Gasteiger partial charge in [-0.2, -0.15) is 0 Å². The third-order valence-corrected chi connectivity index (χ3v) is 4.48. The molecule has 0 N–H and O–H groups in total. The zero-order valence-corrected chi connectivity index (χ0v) is 11.9. The molecule has 0 aromatic heterocycles. The lowest BCUT2D eigenvalue weighted by atomic mass is 9.89. The van der Waals surface area contributed by atoms with Crippen molar-refractivity contribution in [2.45, 2.75) is 13.8 Å². The molecule has 4 aromatic carbocycles. The van der Waals surface area contributed by atoms with Gasteiger partial charge in [0.15, 0.2) is 0 Å². The summed E-state index contributed by atoms with van der Waals surface area (Å²) in [5, 5.41) is 10.1. The van der Waals surface area contributed by atoms with E-state index >= 15 is 0 Å². The van der Waals surface area contributed by atoms with E-state index in [1.807, 2.05) is 0 Å². The Labute approximate surface area is 118 Å². The molecule has 4 rings (SSSR count). The minimum absolute atomic E-state index is 1.11. The first kappa shape index (κ1) is 11.5. The van der Waals surface area contributed by atoms with Gasteiger partial charge in [0, 0.05) is 0 Å². The number of rotatable bonds is 0. The van der Waals surface area contributed by atoms with Crippen LogP contribution >= 0.6 is 0 Å². The highest BCUT2D eigenvalue weighted by atomic mass is 14.1. The zero-order chi connectivity index (χ0) is 14.0. The van der Waals surface area contributed by atoms with Crippen molar-refractivity contribution < 1.29 is 0 Å². The van der Waals surface area contributed by atoms with Crippen molar-refractivity contribution in [1.82, 2.24) is 0 Å². The standard InChI is InChI=1S/C20H16/c1-11-9-12(2)16-7-8-18-14(4)10-13(3)17-6-5-15(11)19(16)20(17)18/h5-10H,1,3H2,2,4H3. The van der Waals surface area contributed by atoms with Crippen LogP contribution < -0.4 is 10.4 Å². The van der Waals surface area contributed by atoms with Crippen LogP contribution in [-0.4, -0.2) is 0 Å². The summed E-state index contributed by atoms with van der Waals surface area (Å²) in [6.45, 7) is 12.8. The molecule has 0 nitrogen and oxygen atoms in total. The van der Waals surface area contributed by atoms with E-state index < -0.39 is 0 Å². The van der Waals surface area contributed by atoms with Crippen LogP contribution in [0, 0.1) is 13.8 Å². The van der Waals surface area contributed by atoms with Crippen LogP contribution in [0.25, 0.3) is 45.5 Å². The largest absolute Gasteiger partial charge is 0.0911 e. The predicted molar refractivity (Wildman–Crippen MR) is 89.9 cm³/mol. The zero-order valence-electron chi connectivity index (χ0n) is 11.9. The van der Waals surface area contributed by atoms with Crippen molar-refractivity contribution in [3.63, 3.8) is 0 Å². The summed E-state index contributed by atoms with van der Waals surface area (Å²) >= 11 is 0. The number of hydrogen-bond acceptors (Lipinski definition) is 0. The van der Waals surface area contributed by atoms with Crippen LogP contribution in [0.2, 0.25) is 0 Å². The van der Waals surface area contributed by atoms with Gasteiger partial charge < -0.3 is 0 Å². The van der Waals surface area contributed by atoms with Crippen LogP contribution in [0.4, 0.5) is 0 Å². The Bertz CT molecular complexity index is 995. The monoisotopic (exact) mass is 256 g/mol. The second-order valence-electron chi connectivity index (χ2n) is 5.78. The van der Waals surface area contributed by atoms with Crippen molar-refractivity contribution in [2.24, 2.45) is 0 Å². The van der Waals surface area contributed by atoms with Gasteiger partial charge in [-0.1, -0.05) is 49.6 Å². The third-order valence-electron chi connectivity index (χ3n) is 4.48. The second kappa shape index (κ2) is 3.61. The smallest absolute Gasteiger partial charge is 0.00180 e. The topological polar surface area (TPSA) is 0 Å². The highest BCUT2D eigenvalue weighted by Gasteiger charge is 2.11. The quantitative estimate of drug-likeness (QED) is 0.417.